The van der Waals surface area contributed by atoms with Gasteiger partial charge in [-0.15, -0.1) is 0 Å². The second-order valence-corrected chi connectivity index (χ2v) is 4.73. The Labute approximate surface area is 109 Å². The molecule has 0 aliphatic carbocycles. The Morgan fingerprint density at radius 1 is 1.28 bits per heavy atom. The maximum absolute atomic E-state index is 12.6. The van der Waals surface area contributed by atoms with Gasteiger partial charge >= 0.3 is 0 Å². The maximum atomic E-state index is 12.6. The number of para-hydroxylation sites is 1. The molecule has 0 radical (unpaired) electrons. The fraction of sp³-hybridized carbons (Fsp3) is 0.500. The van der Waals surface area contributed by atoms with Gasteiger partial charge in [0.2, 0.25) is 5.91 Å². The van der Waals surface area contributed by atoms with E-state index < -0.39 is 0 Å². The van der Waals surface area contributed by atoms with E-state index in [0.29, 0.717) is 6.54 Å². The summed E-state index contributed by atoms with van der Waals surface area (Å²) in [5.41, 5.74) is 0.999. The smallest absolute Gasteiger partial charge is 0.245 e. The predicted octanol–water partition coefficient (Wildman–Crippen LogP) is 0.943. The fourth-order valence-corrected chi connectivity index (χ4v) is 2.41. The van der Waals surface area contributed by atoms with E-state index in [1.807, 2.05) is 49.3 Å². The third-order valence-electron chi connectivity index (χ3n) is 3.44. The van der Waals surface area contributed by atoms with Crippen LogP contribution >= 0.6 is 0 Å². The first-order valence-corrected chi connectivity index (χ1v) is 6.45. The Bertz CT molecular complexity index is 393. The van der Waals surface area contributed by atoms with Gasteiger partial charge in [0, 0.05) is 25.3 Å². The van der Waals surface area contributed by atoms with Crippen LogP contribution in [-0.2, 0) is 4.79 Å². The largest absolute Gasteiger partial charge is 0.318 e. The zero-order valence-electron chi connectivity index (χ0n) is 11.1. The summed E-state index contributed by atoms with van der Waals surface area (Å²) in [5.74, 6) is 0.190. The molecule has 1 aliphatic rings. The average Bonchev–Trinajstić information content (AvgIpc) is 2.53. The van der Waals surface area contributed by atoms with Crippen molar-refractivity contribution >= 4 is 11.6 Å². The molecule has 0 aromatic heterocycles. The van der Waals surface area contributed by atoms with E-state index in [1.54, 1.807) is 0 Å². The summed E-state index contributed by atoms with van der Waals surface area (Å²) in [4.78, 5) is 16.6. The van der Waals surface area contributed by atoms with Crippen LogP contribution in [0.3, 0.4) is 0 Å². The third-order valence-corrected chi connectivity index (χ3v) is 3.44. The van der Waals surface area contributed by atoms with Gasteiger partial charge in [0.15, 0.2) is 0 Å². The van der Waals surface area contributed by atoms with Gasteiger partial charge in [0.1, 0.15) is 6.04 Å². The molecule has 1 saturated heterocycles. The first-order chi connectivity index (χ1) is 8.74. The molecule has 1 aromatic carbocycles. The molecule has 2 rings (SSSR count). The minimum Gasteiger partial charge on any atom is -0.318 e. The minimum absolute atomic E-state index is 0.0716. The second-order valence-electron chi connectivity index (χ2n) is 4.73. The first-order valence-electron chi connectivity index (χ1n) is 6.45. The highest BCUT2D eigenvalue weighted by Gasteiger charge is 2.30. The summed E-state index contributed by atoms with van der Waals surface area (Å²) in [6.07, 6.45) is 1.01. The topological polar surface area (TPSA) is 35.6 Å². The van der Waals surface area contributed by atoms with Crippen LogP contribution in [0.25, 0.3) is 0 Å². The molecule has 0 spiro atoms. The van der Waals surface area contributed by atoms with E-state index in [1.165, 1.54) is 0 Å². The van der Waals surface area contributed by atoms with Crippen molar-refractivity contribution in [1.82, 2.24) is 10.2 Å². The Morgan fingerprint density at radius 3 is 2.67 bits per heavy atom. The highest BCUT2D eigenvalue weighted by molar-refractivity contribution is 5.97. The summed E-state index contributed by atoms with van der Waals surface area (Å²) in [6, 6.07) is 9.86. The van der Waals surface area contributed by atoms with E-state index in [-0.39, 0.29) is 11.9 Å². The number of carbonyl (C=O) groups is 1. The number of benzene rings is 1. The molecular formula is C14H21N3O. The molecule has 18 heavy (non-hydrogen) atoms. The van der Waals surface area contributed by atoms with Crippen molar-refractivity contribution in [3.8, 4) is 0 Å². The van der Waals surface area contributed by atoms with Crippen molar-refractivity contribution in [2.75, 3.05) is 38.6 Å². The monoisotopic (exact) mass is 247 g/mol. The molecule has 1 fully saturated rings. The van der Waals surface area contributed by atoms with Crippen molar-refractivity contribution in [1.29, 1.82) is 0 Å². The van der Waals surface area contributed by atoms with Crippen LogP contribution in [0.4, 0.5) is 5.69 Å². The van der Waals surface area contributed by atoms with Crippen LogP contribution in [0.5, 0.6) is 0 Å². The number of nitrogens with zero attached hydrogens (tertiary/aromatic N) is 2. The van der Waals surface area contributed by atoms with Crippen molar-refractivity contribution in [3.05, 3.63) is 30.3 Å². The Balaban J connectivity index is 2.23. The van der Waals surface area contributed by atoms with Crippen molar-refractivity contribution in [3.63, 3.8) is 0 Å². The molecule has 0 bridgehead atoms. The minimum atomic E-state index is -0.0716. The Morgan fingerprint density at radius 2 is 2.00 bits per heavy atom. The molecule has 1 N–H and O–H groups in total. The highest BCUT2D eigenvalue weighted by Crippen LogP contribution is 2.18. The number of anilines is 1. The average molecular weight is 247 g/mol. The first kappa shape index (κ1) is 13.1. The van der Waals surface area contributed by atoms with Gasteiger partial charge in [0.05, 0.1) is 0 Å². The summed E-state index contributed by atoms with van der Waals surface area (Å²) < 4.78 is 0. The van der Waals surface area contributed by atoms with E-state index in [0.717, 1.165) is 25.2 Å². The van der Waals surface area contributed by atoms with Crippen molar-refractivity contribution in [2.45, 2.75) is 12.5 Å². The summed E-state index contributed by atoms with van der Waals surface area (Å²) in [5, 5.41) is 3.11. The van der Waals surface area contributed by atoms with Crippen LogP contribution in [0.1, 0.15) is 6.42 Å². The zero-order chi connectivity index (χ0) is 13.0. The van der Waals surface area contributed by atoms with Crippen LogP contribution < -0.4 is 10.2 Å². The third kappa shape index (κ3) is 2.71. The molecule has 1 atom stereocenters. The maximum Gasteiger partial charge on any atom is 0.245 e. The molecule has 1 unspecified atom stereocenters. The van der Waals surface area contributed by atoms with Gasteiger partial charge in [-0.25, -0.2) is 0 Å². The van der Waals surface area contributed by atoms with Crippen LogP contribution in [0, 0.1) is 0 Å². The van der Waals surface area contributed by atoms with E-state index in [9.17, 15) is 4.79 Å². The lowest BCUT2D eigenvalue weighted by atomic mass is 10.2. The summed E-state index contributed by atoms with van der Waals surface area (Å²) >= 11 is 0. The molecule has 4 heteroatoms. The molecule has 1 aliphatic heterocycles. The standard InChI is InChI=1S/C14H21N3O/c1-15-11-13-14(18)17(10-6-9-16(13)2)12-7-4-3-5-8-12/h3-5,7-8,13,15H,6,9-11H2,1-2H3. The molecule has 98 valence electrons. The normalized spacial score (nSPS) is 22.0. The summed E-state index contributed by atoms with van der Waals surface area (Å²) in [6.45, 7) is 2.45. The van der Waals surface area contributed by atoms with Gasteiger partial charge in [-0.1, -0.05) is 18.2 Å². The number of hydrogen-bond donors (Lipinski definition) is 1. The molecule has 1 amide bonds. The number of amides is 1. The molecular weight excluding hydrogens is 226 g/mol. The predicted molar refractivity (Wildman–Crippen MR) is 73.8 cm³/mol. The van der Waals surface area contributed by atoms with Crippen molar-refractivity contribution in [2.24, 2.45) is 0 Å². The second kappa shape index (κ2) is 5.98. The molecule has 1 aromatic rings. The number of nitrogens with one attached hydrogen (secondary N) is 1. The van der Waals surface area contributed by atoms with Gasteiger partial charge in [0.25, 0.3) is 0 Å². The summed E-state index contributed by atoms with van der Waals surface area (Å²) in [7, 11) is 3.91. The van der Waals surface area contributed by atoms with Gasteiger partial charge in [-0.3, -0.25) is 9.69 Å². The van der Waals surface area contributed by atoms with Gasteiger partial charge in [-0.05, 0) is 32.6 Å². The van der Waals surface area contributed by atoms with Crippen LogP contribution in [0.2, 0.25) is 0 Å². The van der Waals surface area contributed by atoms with Crippen LogP contribution in [0.15, 0.2) is 30.3 Å². The number of hydrogen-bond acceptors (Lipinski definition) is 3. The van der Waals surface area contributed by atoms with E-state index in [4.69, 9.17) is 0 Å². The quantitative estimate of drug-likeness (QED) is 0.863. The van der Waals surface area contributed by atoms with Crippen molar-refractivity contribution < 1.29 is 4.79 Å². The fourth-order valence-electron chi connectivity index (χ4n) is 2.41. The van der Waals surface area contributed by atoms with E-state index in [2.05, 4.69) is 10.2 Å². The highest BCUT2D eigenvalue weighted by atomic mass is 16.2. The molecule has 4 nitrogen and oxygen atoms in total. The number of likely N-dealkylation sites (N-methyl/N-ethyl adjacent to an activating group) is 2. The molecule has 1 heterocycles. The Hall–Kier alpha value is -1.39. The van der Waals surface area contributed by atoms with E-state index >= 15 is 0 Å². The van der Waals surface area contributed by atoms with Gasteiger partial charge in [-0.2, -0.15) is 0 Å². The molecule has 0 saturated carbocycles. The lowest BCUT2D eigenvalue weighted by Gasteiger charge is -2.28. The number of rotatable bonds is 3. The number of carbonyl (C=O) groups excluding carboxylic acids is 1. The van der Waals surface area contributed by atoms with Gasteiger partial charge < -0.3 is 10.2 Å². The Kier molecular flexibility index (Phi) is 4.33. The lowest BCUT2D eigenvalue weighted by Crippen LogP contribution is -2.49. The SMILES string of the molecule is CNCC1C(=O)N(c2ccccc2)CCCN1C. The lowest BCUT2D eigenvalue weighted by molar-refractivity contribution is -0.122. The zero-order valence-corrected chi connectivity index (χ0v) is 11.1. The van der Waals surface area contributed by atoms with Crippen LogP contribution in [-0.4, -0.2) is 50.6 Å².